The van der Waals surface area contributed by atoms with Crippen LogP contribution in [0.3, 0.4) is 0 Å². The molecule has 1 saturated carbocycles. The number of rotatable bonds is 4. The summed E-state index contributed by atoms with van der Waals surface area (Å²) in [5.74, 6) is -1.06. The van der Waals surface area contributed by atoms with Crippen LogP contribution >= 0.6 is 0 Å². The minimum atomic E-state index is -0.852. The minimum absolute atomic E-state index is 0.0722. The van der Waals surface area contributed by atoms with Crippen molar-refractivity contribution in [1.82, 2.24) is 15.1 Å². The number of imide groups is 1. The molecule has 1 aliphatic carbocycles. The number of nitrogens with zero attached hydrogens (tertiary/aromatic N) is 2. The van der Waals surface area contributed by atoms with E-state index in [0.29, 0.717) is 37.2 Å². The predicted molar refractivity (Wildman–Crippen MR) is 112 cm³/mol. The van der Waals surface area contributed by atoms with Crippen LogP contribution in [-0.2, 0) is 14.3 Å². The first kappa shape index (κ1) is 21.3. The highest BCUT2D eigenvalue weighted by Gasteiger charge is 2.52. The van der Waals surface area contributed by atoms with Crippen LogP contribution in [-0.4, -0.2) is 70.9 Å². The molecule has 1 aromatic carbocycles. The smallest absolute Gasteiger partial charge is 0.325 e. The molecule has 9 heteroatoms. The number of anilines is 1. The average Bonchev–Trinajstić information content (AvgIpc) is 3.28. The van der Waals surface area contributed by atoms with E-state index in [-0.39, 0.29) is 30.6 Å². The van der Waals surface area contributed by atoms with E-state index in [0.717, 1.165) is 17.7 Å². The largest absolute Gasteiger partial charge is 0.372 e. The first-order valence-corrected chi connectivity index (χ1v) is 10.8. The fourth-order valence-electron chi connectivity index (χ4n) is 4.76. The number of carbonyl (C=O) groups is 4. The molecule has 1 aromatic rings. The standard InChI is InChI=1S/C22H28N4O5/c1-14-11-25(12-15(2)31-14)19(28)16-7-3-4-8-17(16)23-18(27)13-26-20(29)22(24-21(26)30)9-5-6-10-22/h3-4,7-8,14-15H,5-6,9-13H2,1-2H3,(H,23,27)(H,24,30)/t14-,15-/m1/s1. The molecule has 3 aliphatic rings. The molecule has 5 amide bonds. The number of urea groups is 1. The number of hydrogen-bond acceptors (Lipinski definition) is 5. The Bertz CT molecular complexity index is 901. The molecular formula is C22H28N4O5. The Balaban J connectivity index is 1.45. The van der Waals surface area contributed by atoms with Crippen LogP contribution < -0.4 is 10.6 Å². The number of ether oxygens (including phenoxy) is 1. The normalized spacial score (nSPS) is 25.1. The van der Waals surface area contributed by atoms with Crippen molar-refractivity contribution < 1.29 is 23.9 Å². The molecular weight excluding hydrogens is 400 g/mol. The molecule has 0 aromatic heterocycles. The van der Waals surface area contributed by atoms with Gasteiger partial charge in [-0.3, -0.25) is 19.3 Å². The maximum Gasteiger partial charge on any atom is 0.325 e. The van der Waals surface area contributed by atoms with Gasteiger partial charge in [0, 0.05) is 13.1 Å². The number of amides is 5. The van der Waals surface area contributed by atoms with Gasteiger partial charge in [0.1, 0.15) is 12.1 Å². The molecule has 166 valence electrons. The van der Waals surface area contributed by atoms with Crippen molar-refractivity contribution in [1.29, 1.82) is 0 Å². The van der Waals surface area contributed by atoms with E-state index in [2.05, 4.69) is 10.6 Å². The summed E-state index contributed by atoms with van der Waals surface area (Å²) in [4.78, 5) is 53.6. The third-order valence-corrected chi connectivity index (χ3v) is 6.14. The Hall–Kier alpha value is -2.94. The van der Waals surface area contributed by atoms with Gasteiger partial charge in [-0.15, -0.1) is 0 Å². The number of para-hydroxylation sites is 1. The van der Waals surface area contributed by atoms with E-state index in [4.69, 9.17) is 4.74 Å². The van der Waals surface area contributed by atoms with Gasteiger partial charge >= 0.3 is 6.03 Å². The summed E-state index contributed by atoms with van der Waals surface area (Å²) in [6.07, 6.45) is 2.81. The second kappa shape index (κ2) is 8.30. The summed E-state index contributed by atoms with van der Waals surface area (Å²) in [5.41, 5.74) is -0.136. The molecule has 31 heavy (non-hydrogen) atoms. The number of benzene rings is 1. The van der Waals surface area contributed by atoms with Gasteiger partial charge in [0.2, 0.25) is 5.91 Å². The fraction of sp³-hybridized carbons (Fsp3) is 0.545. The van der Waals surface area contributed by atoms with Crippen LogP contribution in [0.1, 0.15) is 49.9 Å². The highest BCUT2D eigenvalue weighted by atomic mass is 16.5. The van der Waals surface area contributed by atoms with Gasteiger partial charge in [0.05, 0.1) is 23.5 Å². The minimum Gasteiger partial charge on any atom is -0.372 e. The van der Waals surface area contributed by atoms with E-state index in [9.17, 15) is 19.2 Å². The molecule has 9 nitrogen and oxygen atoms in total. The Labute approximate surface area is 181 Å². The summed E-state index contributed by atoms with van der Waals surface area (Å²) in [6.45, 7) is 4.38. The van der Waals surface area contributed by atoms with Gasteiger partial charge in [-0.1, -0.05) is 25.0 Å². The number of hydrogen-bond donors (Lipinski definition) is 2. The van der Waals surface area contributed by atoms with E-state index in [1.807, 2.05) is 13.8 Å². The average molecular weight is 428 g/mol. The van der Waals surface area contributed by atoms with E-state index in [1.165, 1.54) is 0 Å². The highest BCUT2D eigenvalue weighted by Crippen LogP contribution is 2.35. The van der Waals surface area contributed by atoms with Crippen molar-refractivity contribution in [3.63, 3.8) is 0 Å². The molecule has 2 aliphatic heterocycles. The summed E-state index contributed by atoms with van der Waals surface area (Å²) in [6, 6.07) is 6.21. The van der Waals surface area contributed by atoms with Crippen LogP contribution in [0.25, 0.3) is 0 Å². The highest BCUT2D eigenvalue weighted by molar-refractivity contribution is 6.11. The van der Waals surface area contributed by atoms with Crippen LogP contribution in [0.2, 0.25) is 0 Å². The van der Waals surface area contributed by atoms with Crippen LogP contribution in [0.15, 0.2) is 24.3 Å². The van der Waals surface area contributed by atoms with Gasteiger partial charge in [-0.2, -0.15) is 0 Å². The molecule has 4 rings (SSSR count). The molecule has 0 bridgehead atoms. The van der Waals surface area contributed by atoms with Gasteiger partial charge in [-0.05, 0) is 38.8 Å². The number of morpholine rings is 1. The van der Waals surface area contributed by atoms with Gasteiger partial charge in [0.25, 0.3) is 11.8 Å². The number of carbonyl (C=O) groups excluding carboxylic acids is 4. The third-order valence-electron chi connectivity index (χ3n) is 6.14. The summed E-state index contributed by atoms with van der Waals surface area (Å²) in [7, 11) is 0. The van der Waals surface area contributed by atoms with Crippen molar-refractivity contribution in [3.8, 4) is 0 Å². The van der Waals surface area contributed by atoms with E-state index < -0.39 is 17.5 Å². The second-order valence-corrected chi connectivity index (χ2v) is 8.67. The predicted octanol–water partition coefficient (Wildman–Crippen LogP) is 1.74. The summed E-state index contributed by atoms with van der Waals surface area (Å²) in [5, 5.41) is 5.47. The Morgan fingerprint density at radius 2 is 1.77 bits per heavy atom. The van der Waals surface area contributed by atoms with E-state index >= 15 is 0 Å². The van der Waals surface area contributed by atoms with Crippen molar-refractivity contribution >= 4 is 29.4 Å². The lowest BCUT2D eigenvalue weighted by molar-refractivity contribution is -0.133. The maximum absolute atomic E-state index is 13.1. The molecule has 2 atom stereocenters. The van der Waals surface area contributed by atoms with Gasteiger partial charge < -0.3 is 20.3 Å². The monoisotopic (exact) mass is 428 g/mol. The van der Waals surface area contributed by atoms with Crippen LogP contribution in [0, 0.1) is 0 Å². The molecule has 2 heterocycles. The van der Waals surface area contributed by atoms with Crippen molar-refractivity contribution in [2.45, 2.75) is 57.3 Å². The lowest BCUT2D eigenvalue weighted by Gasteiger charge is -2.35. The van der Waals surface area contributed by atoms with Crippen LogP contribution in [0.5, 0.6) is 0 Å². The van der Waals surface area contributed by atoms with Gasteiger partial charge in [0.15, 0.2) is 0 Å². The van der Waals surface area contributed by atoms with Crippen molar-refractivity contribution in [2.75, 3.05) is 25.0 Å². The fourth-order valence-corrected chi connectivity index (χ4v) is 4.76. The molecule has 3 fully saturated rings. The second-order valence-electron chi connectivity index (χ2n) is 8.67. The lowest BCUT2D eigenvalue weighted by atomic mass is 9.98. The first-order valence-electron chi connectivity index (χ1n) is 10.8. The van der Waals surface area contributed by atoms with Gasteiger partial charge in [-0.25, -0.2) is 4.79 Å². The topological polar surface area (TPSA) is 108 Å². The molecule has 0 unspecified atom stereocenters. The maximum atomic E-state index is 13.1. The van der Waals surface area contributed by atoms with Crippen molar-refractivity contribution in [3.05, 3.63) is 29.8 Å². The quantitative estimate of drug-likeness (QED) is 0.711. The third kappa shape index (κ3) is 4.14. The Kier molecular flexibility index (Phi) is 5.70. The van der Waals surface area contributed by atoms with Crippen molar-refractivity contribution in [2.24, 2.45) is 0 Å². The summed E-state index contributed by atoms with van der Waals surface area (Å²) < 4.78 is 5.69. The lowest BCUT2D eigenvalue weighted by Crippen LogP contribution is -2.48. The van der Waals surface area contributed by atoms with Crippen LogP contribution in [0.4, 0.5) is 10.5 Å². The first-order chi connectivity index (χ1) is 14.8. The molecule has 1 spiro atoms. The molecule has 0 radical (unpaired) electrons. The zero-order valence-electron chi connectivity index (χ0n) is 17.8. The molecule has 2 saturated heterocycles. The summed E-state index contributed by atoms with van der Waals surface area (Å²) >= 11 is 0. The Morgan fingerprint density at radius 3 is 2.45 bits per heavy atom. The SMILES string of the molecule is C[C@@H]1CN(C(=O)c2ccccc2NC(=O)CN2C(=O)NC3(CCCC3)C2=O)C[C@@H](C)O1. The van der Waals surface area contributed by atoms with E-state index in [1.54, 1.807) is 29.2 Å². The zero-order valence-corrected chi connectivity index (χ0v) is 17.8. The molecule has 2 N–H and O–H groups in total. The zero-order chi connectivity index (χ0) is 22.2. The Morgan fingerprint density at radius 1 is 1.13 bits per heavy atom. The number of nitrogens with one attached hydrogen (secondary N) is 2.